The van der Waals surface area contributed by atoms with Gasteiger partial charge in [-0.1, -0.05) is 31.6 Å². The summed E-state index contributed by atoms with van der Waals surface area (Å²) in [6.07, 6.45) is 8.60. The molecule has 41 heavy (non-hydrogen) atoms. The zero-order chi connectivity index (χ0) is 28.0. The molecule has 6 fully saturated rings. The van der Waals surface area contributed by atoms with Gasteiger partial charge in [0.15, 0.2) is 0 Å². The van der Waals surface area contributed by atoms with Crippen molar-refractivity contribution in [2.24, 2.45) is 23.7 Å². The van der Waals surface area contributed by atoms with Crippen molar-refractivity contribution in [2.75, 3.05) is 45.4 Å². The van der Waals surface area contributed by atoms with Crippen LogP contribution in [0.15, 0.2) is 42.5 Å². The van der Waals surface area contributed by atoms with Crippen LogP contribution in [0.25, 0.3) is 0 Å². The molecule has 8 rings (SSSR count). The van der Waals surface area contributed by atoms with Gasteiger partial charge in [0.1, 0.15) is 0 Å². The fourth-order valence-corrected chi connectivity index (χ4v) is 11.1. The molecule has 4 saturated carbocycles. The van der Waals surface area contributed by atoms with E-state index in [4.69, 9.17) is 0 Å². The van der Waals surface area contributed by atoms with Crippen LogP contribution >= 0.6 is 18.5 Å². The van der Waals surface area contributed by atoms with E-state index >= 15 is 0 Å². The molecule has 0 aromatic heterocycles. The monoisotopic (exact) mass is 636 g/mol. The van der Waals surface area contributed by atoms with Gasteiger partial charge in [0, 0.05) is 68.4 Å². The van der Waals surface area contributed by atoms with Gasteiger partial charge in [-0.2, -0.15) is 28.8 Å². The molecule has 4 bridgehead atoms. The Morgan fingerprint density at radius 2 is 1.29 bits per heavy atom. The summed E-state index contributed by atoms with van der Waals surface area (Å²) in [5.41, 5.74) is 5.37. The van der Waals surface area contributed by atoms with E-state index in [0.717, 1.165) is 62.9 Å². The molecule has 234 valence electrons. The summed E-state index contributed by atoms with van der Waals surface area (Å²) < 4.78 is 0. The summed E-state index contributed by atoms with van der Waals surface area (Å²) in [5, 5.41) is 15.4. The molecule has 2 aliphatic heterocycles. The third-order valence-electron chi connectivity index (χ3n) is 11.4. The van der Waals surface area contributed by atoms with Crippen molar-refractivity contribution in [1.29, 1.82) is 0 Å². The number of hydrogen-bond acceptors (Lipinski definition) is 4. The predicted molar refractivity (Wildman–Crippen MR) is 177 cm³/mol. The molecule has 2 heterocycles. The molecule has 4 unspecified atom stereocenters. The minimum absolute atomic E-state index is 0. The number of hydrogen-bond donors (Lipinski definition) is 4. The van der Waals surface area contributed by atoms with Gasteiger partial charge in [0.25, 0.3) is 0 Å². The SMILES string of the molecule is CC(C)(C)[c-]1cc(C(P)(C2CNCCN2)C2CNCCN2)c(C2(CP)C3CC4CC(C3)CC2C4)c1.[Fe].[cH-]1[cH-][cH-][cH-][cH-]1. The first-order chi connectivity index (χ1) is 19.3. The topological polar surface area (TPSA) is 48.1 Å². The van der Waals surface area contributed by atoms with Crippen molar-refractivity contribution < 1.29 is 17.1 Å². The number of rotatable bonds is 5. The van der Waals surface area contributed by atoms with E-state index in [9.17, 15) is 0 Å². The molecular formula is C34H54FeN4P2-6. The Kier molecular flexibility index (Phi) is 10.3. The first-order valence-electron chi connectivity index (χ1n) is 16.1. The molecule has 2 aromatic rings. The average molecular weight is 637 g/mol. The Morgan fingerprint density at radius 1 is 0.805 bits per heavy atom. The average Bonchev–Trinajstić information content (AvgIpc) is 3.68. The van der Waals surface area contributed by atoms with Crippen molar-refractivity contribution in [1.82, 2.24) is 21.3 Å². The summed E-state index contributed by atoms with van der Waals surface area (Å²) in [5.74, 6) is 3.71. The van der Waals surface area contributed by atoms with Crippen molar-refractivity contribution in [3.8, 4) is 0 Å². The molecule has 2 aromatic carbocycles. The summed E-state index contributed by atoms with van der Waals surface area (Å²) in [7, 11) is 6.73. The zero-order valence-electron chi connectivity index (χ0n) is 25.5. The van der Waals surface area contributed by atoms with E-state index in [2.05, 4.69) is 72.7 Å². The van der Waals surface area contributed by atoms with Gasteiger partial charge in [-0.15, -0.1) is 18.5 Å². The fraction of sp³-hybridized carbons (Fsp3) is 0.706. The van der Waals surface area contributed by atoms with E-state index in [1.807, 2.05) is 30.3 Å². The number of piperazine rings is 2. The van der Waals surface area contributed by atoms with Crippen LogP contribution in [-0.4, -0.2) is 57.5 Å². The van der Waals surface area contributed by atoms with Crippen LogP contribution in [0.1, 0.15) is 69.6 Å². The summed E-state index contributed by atoms with van der Waals surface area (Å²) in [6.45, 7) is 13.5. The molecule has 4 aliphatic carbocycles. The fourth-order valence-electron chi connectivity index (χ4n) is 9.51. The van der Waals surface area contributed by atoms with E-state index in [1.54, 1.807) is 11.1 Å². The molecule has 4 N–H and O–H groups in total. The second kappa shape index (κ2) is 13.1. The normalized spacial score (nSPS) is 36.1. The van der Waals surface area contributed by atoms with Crippen molar-refractivity contribution in [3.05, 3.63) is 59.2 Å². The maximum absolute atomic E-state index is 3.97. The van der Waals surface area contributed by atoms with Crippen molar-refractivity contribution in [2.45, 2.75) is 80.9 Å². The van der Waals surface area contributed by atoms with Crippen LogP contribution in [0.5, 0.6) is 0 Å². The first-order valence-corrected chi connectivity index (χ1v) is 17.5. The van der Waals surface area contributed by atoms with Crippen molar-refractivity contribution in [3.63, 3.8) is 0 Å². The smallest absolute Gasteiger partial charge is 0.0225 e. The largest absolute Gasteiger partial charge is 0.748 e. The van der Waals surface area contributed by atoms with E-state index in [-0.39, 0.29) is 27.6 Å². The second-order valence-electron chi connectivity index (χ2n) is 14.7. The summed E-state index contributed by atoms with van der Waals surface area (Å²) >= 11 is 0. The molecule has 0 amide bonds. The summed E-state index contributed by atoms with van der Waals surface area (Å²) in [6, 6.07) is 16.1. The Labute approximate surface area is 265 Å². The Bertz CT molecular complexity index is 1030. The van der Waals surface area contributed by atoms with Gasteiger partial charge in [-0.3, -0.25) is 0 Å². The Balaban J connectivity index is 0.000000510. The molecule has 4 atom stereocenters. The Morgan fingerprint density at radius 3 is 1.68 bits per heavy atom. The first kappa shape index (κ1) is 32.3. The molecule has 2 saturated heterocycles. The molecular weight excluding hydrogens is 582 g/mol. The predicted octanol–water partition coefficient (Wildman–Crippen LogP) is 4.87. The van der Waals surface area contributed by atoms with E-state index in [0.29, 0.717) is 17.5 Å². The van der Waals surface area contributed by atoms with Crippen LogP contribution < -0.4 is 21.3 Å². The zero-order valence-corrected chi connectivity index (χ0v) is 28.9. The van der Waals surface area contributed by atoms with Gasteiger partial charge >= 0.3 is 0 Å². The van der Waals surface area contributed by atoms with E-state index in [1.165, 1.54) is 43.8 Å². The third kappa shape index (κ3) is 5.99. The maximum atomic E-state index is 3.97. The van der Waals surface area contributed by atoms with Crippen molar-refractivity contribution >= 4 is 18.5 Å². The maximum Gasteiger partial charge on any atom is 0.0225 e. The Hall–Kier alpha value is -0.0805. The number of nitrogens with one attached hydrogen (secondary N) is 4. The van der Waals surface area contributed by atoms with Crippen LogP contribution in [0.2, 0.25) is 0 Å². The molecule has 6 aliphatic rings. The minimum Gasteiger partial charge on any atom is -0.748 e. The standard InChI is InChI=1S/C29H49N4P2.C5H5.Fe/c1-27(2,3)20-13-23(28(17-34)21-9-18-8-19(11-21)12-22(28)10-18)24(14-20)29(35,25-15-30-4-6-32-25)26-16-31-5-7-33-26;1-2-4-5-3-1;/h13-14,18-19,21-22,25-26,30-33H,4-12,15-17,34-35H2,1-3H3;1-5H;/q-1;-5;. The second-order valence-corrected chi connectivity index (χ2v) is 16.1. The van der Waals surface area contributed by atoms with Gasteiger partial charge in [0.05, 0.1) is 0 Å². The van der Waals surface area contributed by atoms with Gasteiger partial charge in [-0.25, -0.2) is 0 Å². The van der Waals surface area contributed by atoms with Gasteiger partial charge in [-0.05, 0) is 67.1 Å². The minimum atomic E-state index is -0.0544. The van der Waals surface area contributed by atoms with Crippen LogP contribution in [0, 0.1) is 23.7 Å². The van der Waals surface area contributed by atoms with Gasteiger partial charge < -0.3 is 51.6 Å². The van der Waals surface area contributed by atoms with Crippen LogP contribution in [-0.2, 0) is 33.1 Å². The quantitative estimate of drug-likeness (QED) is 0.215. The third-order valence-corrected chi connectivity index (χ3v) is 13.2. The molecule has 4 nitrogen and oxygen atoms in total. The van der Waals surface area contributed by atoms with E-state index < -0.39 is 0 Å². The summed E-state index contributed by atoms with van der Waals surface area (Å²) in [4.78, 5) is 0. The van der Waals surface area contributed by atoms with Crippen LogP contribution in [0.3, 0.4) is 0 Å². The van der Waals surface area contributed by atoms with Crippen LogP contribution in [0.4, 0.5) is 0 Å². The molecule has 7 heteroatoms. The molecule has 0 radical (unpaired) electrons. The molecule has 0 spiro atoms. The van der Waals surface area contributed by atoms with Gasteiger partial charge in [0.2, 0.25) is 0 Å².